The second-order valence-electron chi connectivity index (χ2n) is 11.4. The summed E-state index contributed by atoms with van der Waals surface area (Å²) in [5, 5.41) is 9.21. The van der Waals surface area contributed by atoms with Gasteiger partial charge in [0.1, 0.15) is 5.69 Å². The van der Waals surface area contributed by atoms with E-state index in [1.165, 1.54) is 16.9 Å². The van der Waals surface area contributed by atoms with E-state index in [2.05, 4.69) is 21.9 Å². The van der Waals surface area contributed by atoms with Gasteiger partial charge in [-0.25, -0.2) is 0 Å². The van der Waals surface area contributed by atoms with Crippen LogP contribution in [-0.2, 0) is 17.3 Å². The zero-order valence-corrected chi connectivity index (χ0v) is 25.1. The number of hydrogen-bond acceptors (Lipinski definition) is 4. The van der Waals surface area contributed by atoms with Gasteiger partial charge in [-0.2, -0.15) is 22.7 Å². The van der Waals surface area contributed by atoms with Crippen molar-refractivity contribution in [3.8, 4) is 0 Å². The number of halogens is 4. The molecule has 2 N–H and O–H groups in total. The molecule has 41 heavy (non-hydrogen) atoms. The third kappa shape index (κ3) is 11.6. The van der Waals surface area contributed by atoms with Crippen molar-refractivity contribution in [2.24, 2.45) is 5.92 Å². The van der Waals surface area contributed by atoms with Gasteiger partial charge in [-0.1, -0.05) is 51.2 Å². The maximum Gasteiger partial charge on any atom is 0.312 e. The molecule has 0 bridgehead atoms. The fraction of sp³-hybridized carbons (Fsp3) is 0.548. The van der Waals surface area contributed by atoms with Crippen LogP contribution in [0.5, 0.6) is 0 Å². The van der Waals surface area contributed by atoms with Crippen molar-refractivity contribution in [1.82, 2.24) is 25.3 Å². The fourth-order valence-electron chi connectivity index (χ4n) is 4.20. The molecule has 2 rings (SSSR count). The lowest BCUT2D eigenvalue weighted by Crippen LogP contribution is -2.48. The normalized spacial score (nSPS) is 16.1. The van der Waals surface area contributed by atoms with Gasteiger partial charge in [0, 0.05) is 37.7 Å². The molecule has 1 aliphatic carbocycles. The van der Waals surface area contributed by atoms with Crippen molar-refractivity contribution < 1.29 is 22.4 Å². The number of amides is 1. The van der Waals surface area contributed by atoms with Crippen molar-refractivity contribution in [1.29, 1.82) is 0 Å². The quantitative estimate of drug-likeness (QED) is 0.117. The molecule has 228 valence electrons. The van der Waals surface area contributed by atoms with Crippen LogP contribution >= 0.6 is 0 Å². The van der Waals surface area contributed by atoms with Gasteiger partial charge in [0.05, 0.1) is 17.8 Å². The van der Waals surface area contributed by atoms with Crippen molar-refractivity contribution >= 4 is 11.5 Å². The smallest absolute Gasteiger partial charge is 0.312 e. The second kappa shape index (κ2) is 15.1. The minimum atomic E-state index is -3.16. The number of allylic oxidation sites excluding steroid dienone is 7. The summed E-state index contributed by atoms with van der Waals surface area (Å²) in [5.74, 6) is -3.98. The molecule has 0 saturated heterocycles. The van der Waals surface area contributed by atoms with Crippen molar-refractivity contribution in [3.63, 3.8) is 0 Å². The number of rotatable bonds is 17. The molecule has 0 aromatic carbocycles. The van der Waals surface area contributed by atoms with E-state index in [1.54, 1.807) is 39.0 Å². The van der Waals surface area contributed by atoms with E-state index in [9.17, 15) is 22.4 Å². The standard InChI is InChI=1S/C31H45F4N5O/c1-8-10-11-13-23(20-36-29(32)33)18-22(3)28(41)37-30(4,5)21-40-26(19-27(38-40)31(6,34)35)24(12-9-2)16-17-39(7)25-14-15-25/h9,11-13,16-17,19-20,22,25,29,36H,2,8,10,14-15,18,21H2,1,3-7H3,(H,37,41)/b13-11-,17-16-,23-20+,24-12+. The fourth-order valence-corrected chi connectivity index (χ4v) is 4.20. The van der Waals surface area contributed by atoms with Crippen LogP contribution in [0.3, 0.4) is 0 Å². The molecule has 0 spiro atoms. The third-order valence-corrected chi connectivity index (χ3v) is 6.61. The van der Waals surface area contributed by atoms with Crippen molar-refractivity contribution in [2.45, 2.75) is 97.3 Å². The summed E-state index contributed by atoms with van der Waals surface area (Å²) >= 11 is 0. The van der Waals surface area contributed by atoms with Gasteiger partial charge in [-0.3, -0.25) is 9.48 Å². The summed E-state index contributed by atoms with van der Waals surface area (Å²) < 4.78 is 55.6. The Morgan fingerprint density at radius 1 is 1.27 bits per heavy atom. The van der Waals surface area contributed by atoms with E-state index in [0.717, 1.165) is 32.6 Å². The predicted molar refractivity (Wildman–Crippen MR) is 157 cm³/mol. The molecule has 1 saturated carbocycles. The first-order valence-corrected chi connectivity index (χ1v) is 14.1. The van der Waals surface area contributed by atoms with Gasteiger partial charge < -0.3 is 15.5 Å². The van der Waals surface area contributed by atoms with Crippen LogP contribution in [0.4, 0.5) is 17.6 Å². The highest BCUT2D eigenvalue weighted by Gasteiger charge is 2.32. The number of carbonyl (C=O) groups excluding carboxylic acids is 1. The minimum absolute atomic E-state index is 0.115. The lowest BCUT2D eigenvalue weighted by atomic mass is 9.97. The Hall–Kier alpha value is -3.30. The summed E-state index contributed by atoms with van der Waals surface area (Å²) in [5.41, 5.74) is 0.462. The Morgan fingerprint density at radius 2 is 1.95 bits per heavy atom. The number of hydrogen-bond donors (Lipinski definition) is 2. The Labute approximate surface area is 241 Å². The highest BCUT2D eigenvalue weighted by molar-refractivity contribution is 5.79. The van der Waals surface area contributed by atoms with E-state index in [-0.39, 0.29) is 24.6 Å². The summed E-state index contributed by atoms with van der Waals surface area (Å²) in [7, 11) is 1.98. The Bertz CT molecular complexity index is 1140. The van der Waals surface area contributed by atoms with Crippen LogP contribution in [0, 0.1) is 5.92 Å². The Morgan fingerprint density at radius 3 is 2.51 bits per heavy atom. The van der Waals surface area contributed by atoms with E-state index in [1.807, 2.05) is 37.6 Å². The van der Waals surface area contributed by atoms with Gasteiger partial charge in [0.25, 0.3) is 5.92 Å². The minimum Gasteiger partial charge on any atom is -0.377 e. The molecule has 10 heteroatoms. The zero-order valence-electron chi connectivity index (χ0n) is 25.1. The highest BCUT2D eigenvalue weighted by atomic mass is 19.3. The monoisotopic (exact) mass is 579 g/mol. The average molecular weight is 580 g/mol. The van der Waals surface area contributed by atoms with Crippen LogP contribution in [0.15, 0.2) is 61.0 Å². The van der Waals surface area contributed by atoms with E-state index >= 15 is 0 Å². The lowest BCUT2D eigenvalue weighted by Gasteiger charge is -2.29. The molecular weight excluding hydrogens is 534 g/mol. The molecule has 1 heterocycles. The molecule has 1 atom stereocenters. The topological polar surface area (TPSA) is 62.2 Å². The zero-order chi connectivity index (χ0) is 30.8. The molecular formula is C31H45F4N5O. The van der Waals surface area contributed by atoms with Crippen LogP contribution in [0.25, 0.3) is 5.57 Å². The summed E-state index contributed by atoms with van der Waals surface area (Å²) in [6.45, 7) is 9.29. The first kappa shape index (κ1) is 33.9. The summed E-state index contributed by atoms with van der Waals surface area (Å²) in [4.78, 5) is 15.3. The van der Waals surface area contributed by atoms with Crippen molar-refractivity contribution in [2.75, 3.05) is 7.05 Å². The average Bonchev–Trinajstić information content (AvgIpc) is 3.64. The summed E-state index contributed by atoms with van der Waals surface area (Å²) in [6, 6.07) is 1.85. The molecule has 0 radical (unpaired) electrons. The predicted octanol–water partition coefficient (Wildman–Crippen LogP) is 7.15. The Kier molecular flexibility index (Phi) is 12.5. The number of nitrogens with zero attached hydrogens (tertiary/aromatic N) is 3. The van der Waals surface area contributed by atoms with E-state index in [4.69, 9.17) is 0 Å². The molecule has 1 unspecified atom stereocenters. The second-order valence-corrected chi connectivity index (χ2v) is 11.4. The number of alkyl halides is 4. The summed E-state index contributed by atoms with van der Waals surface area (Å²) in [6.07, 6.45) is 16.2. The first-order valence-electron chi connectivity index (χ1n) is 14.1. The molecule has 1 aliphatic rings. The maximum atomic E-state index is 14.3. The number of aromatic nitrogens is 2. The molecule has 0 aliphatic heterocycles. The maximum absolute atomic E-state index is 14.3. The van der Waals surface area contributed by atoms with Crippen LogP contribution in [-0.4, -0.2) is 45.8 Å². The third-order valence-electron chi connectivity index (χ3n) is 6.61. The van der Waals surface area contributed by atoms with Crippen LogP contribution in [0.2, 0.25) is 0 Å². The molecule has 1 aromatic heterocycles. The largest absolute Gasteiger partial charge is 0.377 e. The van der Waals surface area contributed by atoms with E-state index in [0.29, 0.717) is 22.9 Å². The molecule has 1 amide bonds. The Balaban J connectivity index is 2.26. The number of carbonyl (C=O) groups is 1. The van der Waals surface area contributed by atoms with Gasteiger partial charge in [0.15, 0.2) is 0 Å². The lowest BCUT2D eigenvalue weighted by molar-refractivity contribution is -0.126. The molecule has 1 fully saturated rings. The van der Waals surface area contributed by atoms with Crippen LogP contribution in [0.1, 0.15) is 78.1 Å². The molecule has 1 aromatic rings. The SMILES string of the molecule is C=C/C=C(\C=C/N(C)C1CC1)c1cc(C(C)(F)F)nn1CC(C)(C)NC(=O)C(C)CC(/C=C\CCC)=C/NC(F)F. The molecule has 6 nitrogen and oxygen atoms in total. The van der Waals surface area contributed by atoms with Gasteiger partial charge in [-0.05, 0) is 63.4 Å². The highest BCUT2D eigenvalue weighted by Crippen LogP contribution is 2.31. The van der Waals surface area contributed by atoms with Gasteiger partial charge in [-0.15, -0.1) is 0 Å². The van der Waals surface area contributed by atoms with E-state index < -0.39 is 23.9 Å². The van der Waals surface area contributed by atoms with Crippen molar-refractivity contribution in [3.05, 3.63) is 72.4 Å². The van der Waals surface area contributed by atoms with Gasteiger partial charge >= 0.3 is 6.55 Å². The first-order chi connectivity index (χ1) is 19.2. The van der Waals surface area contributed by atoms with Gasteiger partial charge in [0.2, 0.25) is 5.91 Å². The van der Waals surface area contributed by atoms with Crippen LogP contribution < -0.4 is 10.6 Å². The number of nitrogens with one attached hydrogen (secondary N) is 2. The number of unbranched alkanes of at least 4 members (excludes halogenated alkanes) is 1.